The van der Waals surface area contributed by atoms with Gasteiger partial charge in [0.2, 0.25) is 0 Å². The fraction of sp³-hybridized carbons (Fsp3) is 0.429. The molecular weight excluding hydrogens is 228 g/mol. The van der Waals surface area contributed by atoms with Crippen molar-refractivity contribution in [2.75, 3.05) is 6.61 Å². The molecule has 0 heterocycles. The molecule has 0 fully saturated rings. The van der Waals surface area contributed by atoms with Crippen LogP contribution in [-0.2, 0) is 4.74 Å². The summed E-state index contributed by atoms with van der Waals surface area (Å²) in [4.78, 5) is 11.7. The molecule has 0 radical (unpaired) electrons. The van der Waals surface area contributed by atoms with Crippen molar-refractivity contribution in [2.24, 2.45) is 5.10 Å². The van der Waals surface area contributed by atoms with Crippen LogP contribution in [0, 0.1) is 0 Å². The summed E-state index contributed by atoms with van der Waals surface area (Å²) in [6, 6.07) is 7.36. The second-order valence-corrected chi connectivity index (χ2v) is 4.22. The minimum absolute atomic E-state index is 0.0445. The average Bonchev–Trinajstić information content (AvgIpc) is 2.36. The zero-order valence-electron chi connectivity index (χ0n) is 11.4. The molecule has 98 valence electrons. The topological polar surface area (TPSA) is 50.7 Å². The highest BCUT2D eigenvalue weighted by Crippen LogP contribution is 2.16. The van der Waals surface area contributed by atoms with Crippen molar-refractivity contribution >= 4 is 11.6 Å². The van der Waals surface area contributed by atoms with E-state index in [0.717, 1.165) is 11.3 Å². The van der Waals surface area contributed by atoms with Gasteiger partial charge in [-0.15, -0.1) is 0 Å². The molecular formula is C14H20N2O2. The van der Waals surface area contributed by atoms with E-state index in [9.17, 15) is 4.79 Å². The molecule has 1 atom stereocenters. The molecule has 1 amide bonds. The number of nitrogens with zero attached hydrogens (tertiary/aromatic N) is 1. The summed E-state index contributed by atoms with van der Waals surface area (Å²) in [7, 11) is 0. The first-order valence-electron chi connectivity index (χ1n) is 6.07. The lowest BCUT2D eigenvalue weighted by Gasteiger charge is -2.12. The number of ether oxygens (including phenoxy) is 1. The molecule has 0 saturated heterocycles. The molecule has 4 heteroatoms. The number of hydrogen-bond acceptors (Lipinski definition) is 3. The highest BCUT2D eigenvalue weighted by atomic mass is 16.5. The second kappa shape index (κ2) is 6.91. The van der Waals surface area contributed by atoms with Gasteiger partial charge in [0.05, 0.1) is 6.10 Å². The van der Waals surface area contributed by atoms with Gasteiger partial charge in [0.25, 0.3) is 5.91 Å². The van der Waals surface area contributed by atoms with Gasteiger partial charge in [0, 0.05) is 17.9 Å². The van der Waals surface area contributed by atoms with Crippen LogP contribution in [0.5, 0.6) is 0 Å². The van der Waals surface area contributed by atoms with Gasteiger partial charge in [-0.3, -0.25) is 4.79 Å². The lowest BCUT2D eigenvalue weighted by Crippen LogP contribution is -2.18. The number of carbonyl (C=O) groups is 1. The van der Waals surface area contributed by atoms with Crippen LogP contribution in [0.1, 0.15) is 49.7 Å². The van der Waals surface area contributed by atoms with Crippen molar-refractivity contribution in [3.63, 3.8) is 0 Å². The van der Waals surface area contributed by atoms with E-state index < -0.39 is 0 Å². The third kappa shape index (κ3) is 4.30. The Hall–Kier alpha value is -1.68. The van der Waals surface area contributed by atoms with Crippen molar-refractivity contribution in [1.29, 1.82) is 0 Å². The maximum Gasteiger partial charge on any atom is 0.271 e. The van der Waals surface area contributed by atoms with Crippen LogP contribution in [0.4, 0.5) is 0 Å². The number of hydrazone groups is 1. The van der Waals surface area contributed by atoms with Gasteiger partial charge in [0.1, 0.15) is 0 Å². The largest absolute Gasteiger partial charge is 0.374 e. The first-order valence-corrected chi connectivity index (χ1v) is 6.07. The lowest BCUT2D eigenvalue weighted by atomic mass is 10.1. The smallest absolute Gasteiger partial charge is 0.271 e. The van der Waals surface area contributed by atoms with E-state index in [1.165, 1.54) is 0 Å². The Labute approximate surface area is 108 Å². The molecule has 0 aromatic heterocycles. The zero-order chi connectivity index (χ0) is 13.5. The Balaban J connectivity index is 2.70. The first-order chi connectivity index (χ1) is 8.54. The van der Waals surface area contributed by atoms with Crippen LogP contribution in [0.15, 0.2) is 29.4 Å². The van der Waals surface area contributed by atoms with Crippen molar-refractivity contribution in [1.82, 2.24) is 5.43 Å². The quantitative estimate of drug-likeness (QED) is 0.643. The highest BCUT2D eigenvalue weighted by molar-refractivity contribution is 5.95. The molecule has 4 nitrogen and oxygen atoms in total. The molecule has 0 aliphatic rings. The van der Waals surface area contributed by atoms with Gasteiger partial charge in [-0.05, 0) is 45.4 Å². The van der Waals surface area contributed by atoms with Crippen LogP contribution in [0.25, 0.3) is 0 Å². The second-order valence-electron chi connectivity index (χ2n) is 4.22. The summed E-state index contributed by atoms with van der Waals surface area (Å²) in [6.45, 7) is 8.28. The Morgan fingerprint density at radius 3 is 2.44 bits per heavy atom. The SMILES string of the molecule is CCOC(C)c1ccc(C(=O)NN=C(C)C)cc1. The van der Waals surface area contributed by atoms with E-state index in [-0.39, 0.29) is 12.0 Å². The molecule has 1 rings (SSSR count). The van der Waals surface area contributed by atoms with Crippen molar-refractivity contribution in [2.45, 2.75) is 33.8 Å². The molecule has 1 N–H and O–H groups in total. The van der Waals surface area contributed by atoms with Gasteiger partial charge in [0.15, 0.2) is 0 Å². The van der Waals surface area contributed by atoms with Gasteiger partial charge in [-0.25, -0.2) is 5.43 Å². The monoisotopic (exact) mass is 248 g/mol. The minimum Gasteiger partial charge on any atom is -0.374 e. The van der Waals surface area contributed by atoms with Crippen LogP contribution in [0.3, 0.4) is 0 Å². The molecule has 1 aromatic carbocycles. The Morgan fingerprint density at radius 2 is 1.94 bits per heavy atom. The normalized spacial score (nSPS) is 11.8. The van der Waals surface area contributed by atoms with Crippen LogP contribution < -0.4 is 5.43 Å². The van der Waals surface area contributed by atoms with E-state index in [1.54, 1.807) is 12.1 Å². The fourth-order valence-corrected chi connectivity index (χ4v) is 1.48. The van der Waals surface area contributed by atoms with Gasteiger partial charge >= 0.3 is 0 Å². The zero-order valence-corrected chi connectivity index (χ0v) is 11.4. The predicted octanol–water partition coefficient (Wildman–Crippen LogP) is 2.91. The number of carbonyl (C=O) groups excluding carboxylic acids is 1. The van der Waals surface area contributed by atoms with E-state index in [0.29, 0.717) is 12.2 Å². The number of nitrogens with one attached hydrogen (secondary N) is 1. The van der Waals surface area contributed by atoms with Gasteiger partial charge < -0.3 is 4.74 Å². The molecule has 0 saturated carbocycles. The third-order valence-corrected chi connectivity index (χ3v) is 2.44. The van der Waals surface area contributed by atoms with Crippen LogP contribution in [0.2, 0.25) is 0 Å². The summed E-state index contributed by atoms with van der Waals surface area (Å²) >= 11 is 0. The molecule has 0 bridgehead atoms. The van der Waals surface area contributed by atoms with Gasteiger partial charge in [-0.1, -0.05) is 12.1 Å². The molecule has 0 aliphatic heterocycles. The summed E-state index contributed by atoms with van der Waals surface area (Å²) in [5.41, 5.74) is 4.95. The van der Waals surface area contributed by atoms with Crippen LogP contribution >= 0.6 is 0 Å². The molecule has 0 aliphatic carbocycles. The highest BCUT2D eigenvalue weighted by Gasteiger charge is 2.07. The standard InChI is InChI=1S/C14H20N2O2/c1-5-18-11(4)12-6-8-13(9-7-12)14(17)16-15-10(2)3/h6-9,11H,5H2,1-4H3,(H,16,17). The predicted molar refractivity (Wildman–Crippen MR) is 72.7 cm³/mol. The number of amides is 1. The molecule has 0 spiro atoms. The maximum absolute atomic E-state index is 11.7. The third-order valence-electron chi connectivity index (χ3n) is 2.44. The Kier molecular flexibility index (Phi) is 5.52. The summed E-state index contributed by atoms with van der Waals surface area (Å²) in [5, 5.41) is 3.88. The number of rotatable bonds is 5. The lowest BCUT2D eigenvalue weighted by molar-refractivity contribution is 0.0763. The summed E-state index contributed by atoms with van der Waals surface area (Å²) in [6.07, 6.45) is 0.0445. The Bertz CT molecular complexity index is 420. The van der Waals surface area contributed by atoms with E-state index >= 15 is 0 Å². The van der Waals surface area contributed by atoms with E-state index in [2.05, 4.69) is 10.5 Å². The molecule has 18 heavy (non-hydrogen) atoms. The van der Waals surface area contributed by atoms with E-state index in [1.807, 2.05) is 39.8 Å². The van der Waals surface area contributed by atoms with Crippen molar-refractivity contribution in [3.8, 4) is 0 Å². The minimum atomic E-state index is -0.202. The summed E-state index contributed by atoms with van der Waals surface area (Å²) in [5.74, 6) is -0.202. The fourth-order valence-electron chi connectivity index (χ4n) is 1.48. The molecule has 1 unspecified atom stereocenters. The molecule has 1 aromatic rings. The van der Waals surface area contributed by atoms with Gasteiger partial charge in [-0.2, -0.15) is 5.10 Å². The number of benzene rings is 1. The van der Waals surface area contributed by atoms with Crippen LogP contribution in [-0.4, -0.2) is 18.2 Å². The average molecular weight is 248 g/mol. The first kappa shape index (κ1) is 14.4. The van der Waals surface area contributed by atoms with Crippen molar-refractivity contribution < 1.29 is 9.53 Å². The summed E-state index contributed by atoms with van der Waals surface area (Å²) < 4.78 is 5.48. The van der Waals surface area contributed by atoms with Crippen molar-refractivity contribution in [3.05, 3.63) is 35.4 Å². The number of hydrogen-bond donors (Lipinski definition) is 1. The maximum atomic E-state index is 11.7. The van der Waals surface area contributed by atoms with E-state index in [4.69, 9.17) is 4.74 Å². The Morgan fingerprint density at radius 1 is 1.33 bits per heavy atom.